The first-order valence-electron chi connectivity index (χ1n) is 8.31. The van der Waals surface area contributed by atoms with E-state index in [1.54, 1.807) is 6.07 Å². The van der Waals surface area contributed by atoms with Crippen molar-refractivity contribution in [1.82, 2.24) is 9.97 Å². The molecule has 0 saturated heterocycles. The number of nitrogens with zero attached hydrogens (tertiary/aromatic N) is 3. The summed E-state index contributed by atoms with van der Waals surface area (Å²) in [6.07, 6.45) is -4.77. The summed E-state index contributed by atoms with van der Waals surface area (Å²) in [6, 6.07) is 8.89. The molecule has 2 aromatic carbocycles. The average molecular weight is 440 g/mol. The van der Waals surface area contributed by atoms with E-state index >= 15 is 0 Å². The summed E-state index contributed by atoms with van der Waals surface area (Å²) in [4.78, 5) is 29.4. The van der Waals surface area contributed by atoms with Gasteiger partial charge in [-0.1, -0.05) is 30.0 Å². The number of fused-ring (bicyclic) bond motifs is 1. The molecule has 0 unspecified atom stereocenters. The molecule has 156 valence electrons. The van der Waals surface area contributed by atoms with Crippen LogP contribution >= 0.6 is 11.8 Å². The first-order valence-corrected chi connectivity index (χ1v) is 9.19. The third kappa shape index (κ3) is 4.64. The smallest absolute Gasteiger partial charge is 0.325 e. The number of benzene rings is 2. The molecule has 30 heavy (non-hydrogen) atoms. The fourth-order valence-corrected chi connectivity index (χ4v) is 3.40. The summed E-state index contributed by atoms with van der Waals surface area (Å²) in [5.74, 6) is -3.05. The Balaban J connectivity index is 1.86. The van der Waals surface area contributed by atoms with Crippen molar-refractivity contribution < 1.29 is 27.3 Å². The van der Waals surface area contributed by atoms with Crippen molar-refractivity contribution in [3.63, 3.8) is 0 Å². The summed E-state index contributed by atoms with van der Waals surface area (Å²) < 4.78 is 52.8. The molecule has 0 aliphatic heterocycles. The van der Waals surface area contributed by atoms with Crippen LogP contribution in [0.2, 0.25) is 0 Å². The van der Waals surface area contributed by atoms with Crippen LogP contribution in [0.3, 0.4) is 0 Å². The number of nitrogens with one attached hydrogen (secondary N) is 1. The number of anilines is 1. The van der Waals surface area contributed by atoms with E-state index in [0.29, 0.717) is 5.39 Å². The lowest BCUT2D eigenvalue weighted by Crippen LogP contribution is -2.23. The molecule has 3 rings (SSSR count). The summed E-state index contributed by atoms with van der Waals surface area (Å²) in [5.41, 5.74) is -0.766. The normalized spacial score (nSPS) is 12.6. The zero-order valence-corrected chi connectivity index (χ0v) is 15.9. The molecule has 1 atom stereocenters. The van der Waals surface area contributed by atoms with Gasteiger partial charge in [0.25, 0.3) is 0 Å². The Kier molecular flexibility index (Phi) is 5.87. The van der Waals surface area contributed by atoms with Gasteiger partial charge in [-0.25, -0.2) is 9.97 Å². The van der Waals surface area contributed by atoms with Crippen LogP contribution in [0.1, 0.15) is 12.7 Å². The second-order valence-electron chi connectivity index (χ2n) is 6.04. The minimum Gasteiger partial charge on any atom is -0.325 e. The number of hydrogen-bond donors (Lipinski definition) is 1. The van der Waals surface area contributed by atoms with Crippen molar-refractivity contribution in [3.8, 4) is 0 Å². The van der Waals surface area contributed by atoms with Crippen LogP contribution in [0, 0.1) is 15.9 Å². The highest BCUT2D eigenvalue weighted by molar-refractivity contribution is 8.00. The number of rotatable bonds is 5. The molecule has 0 spiro atoms. The Bertz CT molecular complexity index is 1140. The first-order chi connectivity index (χ1) is 14.1. The van der Waals surface area contributed by atoms with Crippen LogP contribution in [-0.4, -0.2) is 26.0 Å². The number of carbonyl (C=O) groups excluding carboxylic acids is 1. The molecule has 1 amide bonds. The molecule has 1 aromatic heterocycles. The lowest BCUT2D eigenvalue weighted by atomic mass is 10.2. The van der Waals surface area contributed by atoms with E-state index < -0.39 is 39.6 Å². The number of nitro benzene ring substituents is 1. The van der Waals surface area contributed by atoms with Gasteiger partial charge in [-0.15, -0.1) is 0 Å². The minimum atomic E-state index is -4.77. The molecule has 0 radical (unpaired) electrons. The van der Waals surface area contributed by atoms with Gasteiger partial charge in [0.15, 0.2) is 0 Å². The van der Waals surface area contributed by atoms with Crippen molar-refractivity contribution in [2.75, 3.05) is 5.32 Å². The molecule has 1 heterocycles. The van der Waals surface area contributed by atoms with Crippen LogP contribution in [0.15, 0.2) is 47.5 Å². The average Bonchev–Trinajstić information content (AvgIpc) is 2.68. The highest BCUT2D eigenvalue weighted by atomic mass is 32.2. The Morgan fingerprint density at radius 1 is 1.20 bits per heavy atom. The maximum absolute atomic E-state index is 13.4. The minimum absolute atomic E-state index is 0.0240. The maximum atomic E-state index is 13.4. The van der Waals surface area contributed by atoms with Crippen LogP contribution < -0.4 is 5.32 Å². The number of aromatic nitrogens is 2. The van der Waals surface area contributed by atoms with E-state index in [4.69, 9.17) is 0 Å². The fraction of sp³-hybridized carbons (Fsp3) is 0.167. The second kappa shape index (κ2) is 8.22. The summed E-state index contributed by atoms with van der Waals surface area (Å²) in [7, 11) is 0. The zero-order chi connectivity index (χ0) is 22.1. The van der Waals surface area contributed by atoms with Crippen LogP contribution in [0.25, 0.3) is 10.9 Å². The predicted octanol–water partition coefficient (Wildman–Crippen LogP) is 4.82. The van der Waals surface area contributed by atoms with Crippen LogP contribution in [-0.2, 0) is 11.0 Å². The molecule has 7 nitrogen and oxygen atoms in total. The summed E-state index contributed by atoms with van der Waals surface area (Å²) in [6.45, 7) is 1.43. The quantitative estimate of drug-likeness (QED) is 0.201. The number of halogens is 4. The Labute approximate surface area is 170 Å². The van der Waals surface area contributed by atoms with Gasteiger partial charge in [0, 0.05) is 17.1 Å². The molecular weight excluding hydrogens is 428 g/mol. The monoisotopic (exact) mass is 440 g/mol. The van der Waals surface area contributed by atoms with Crippen molar-refractivity contribution >= 4 is 39.9 Å². The number of para-hydroxylation sites is 1. The fourth-order valence-electron chi connectivity index (χ4n) is 2.46. The number of carbonyl (C=O) groups is 1. The molecule has 12 heteroatoms. The van der Waals surface area contributed by atoms with E-state index in [1.165, 1.54) is 25.1 Å². The van der Waals surface area contributed by atoms with Gasteiger partial charge in [-0.3, -0.25) is 14.9 Å². The van der Waals surface area contributed by atoms with Crippen molar-refractivity contribution in [1.29, 1.82) is 0 Å². The highest BCUT2D eigenvalue weighted by Crippen LogP contribution is 2.34. The van der Waals surface area contributed by atoms with Gasteiger partial charge < -0.3 is 5.32 Å². The van der Waals surface area contributed by atoms with Gasteiger partial charge in [0.05, 0.1) is 15.7 Å². The molecule has 0 saturated carbocycles. The third-order valence-electron chi connectivity index (χ3n) is 3.89. The van der Waals surface area contributed by atoms with E-state index in [-0.39, 0.29) is 16.2 Å². The summed E-state index contributed by atoms with van der Waals surface area (Å²) in [5, 5.41) is 12.6. The Hall–Kier alpha value is -3.28. The van der Waals surface area contributed by atoms with Gasteiger partial charge in [-0.05, 0) is 25.1 Å². The number of amides is 1. The van der Waals surface area contributed by atoms with E-state index in [1.807, 2.05) is 0 Å². The van der Waals surface area contributed by atoms with E-state index in [9.17, 15) is 32.5 Å². The molecule has 3 aromatic rings. The molecule has 0 aliphatic carbocycles. The first kappa shape index (κ1) is 21.4. The van der Waals surface area contributed by atoms with Crippen molar-refractivity contribution in [2.24, 2.45) is 0 Å². The lowest BCUT2D eigenvalue weighted by Gasteiger charge is -2.14. The topological polar surface area (TPSA) is 98.0 Å². The third-order valence-corrected chi connectivity index (χ3v) is 4.99. The lowest BCUT2D eigenvalue weighted by molar-refractivity contribution is -0.387. The van der Waals surface area contributed by atoms with Gasteiger partial charge in [0.1, 0.15) is 5.03 Å². The largest absolute Gasteiger partial charge is 0.451 e. The number of thioether (sulfide) groups is 1. The van der Waals surface area contributed by atoms with Gasteiger partial charge in [0.2, 0.25) is 17.5 Å². The number of nitro groups is 1. The van der Waals surface area contributed by atoms with E-state index in [0.717, 1.165) is 30.0 Å². The summed E-state index contributed by atoms with van der Waals surface area (Å²) >= 11 is 0.773. The molecular formula is C18H12F4N4O3S. The number of alkyl halides is 3. The SMILES string of the molecule is C[C@H](Sc1nc(C(F)(F)F)nc2ccccc12)C(=O)Nc1ccc(F)c([N+](=O)[O-])c1. The zero-order valence-electron chi connectivity index (χ0n) is 15.1. The Morgan fingerprint density at radius 2 is 1.90 bits per heavy atom. The van der Waals surface area contributed by atoms with Crippen molar-refractivity contribution in [3.05, 3.63) is 64.2 Å². The van der Waals surface area contributed by atoms with Crippen molar-refractivity contribution in [2.45, 2.75) is 23.4 Å². The van der Waals surface area contributed by atoms with E-state index in [2.05, 4.69) is 15.3 Å². The maximum Gasteiger partial charge on any atom is 0.451 e. The standard InChI is InChI=1S/C18H12F4N4O3S/c1-9(15(27)23-10-6-7-12(19)14(8-10)26(28)29)30-16-11-4-2-3-5-13(11)24-17(25-16)18(20,21)22/h2-9H,1H3,(H,23,27)/t9-/m0/s1. The molecule has 0 aliphatic rings. The predicted molar refractivity (Wildman–Crippen MR) is 102 cm³/mol. The van der Waals surface area contributed by atoms with Gasteiger partial charge >= 0.3 is 11.9 Å². The Morgan fingerprint density at radius 3 is 2.57 bits per heavy atom. The second-order valence-corrected chi connectivity index (χ2v) is 7.37. The molecule has 0 bridgehead atoms. The van der Waals surface area contributed by atoms with Gasteiger partial charge in [-0.2, -0.15) is 17.6 Å². The van der Waals surface area contributed by atoms with Crippen LogP contribution in [0.4, 0.5) is 28.9 Å². The highest BCUT2D eigenvalue weighted by Gasteiger charge is 2.36. The molecule has 1 N–H and O–H groups in total. The van der Waals surface area contributed by atoms with Crippen LogP contribution in [0.5, 0.6) is 0 Å². The number of hydrogen-bond acceptors (Lipinski definition) is 6. The molecule has 0 fully saturated rings.